The van der Waals surface area contributed by atoms with Gasteiger partial charge in [-0.3, -0.25) is 14.4 Å². The molecule has 470 valence electrons. The van der Waals surface area contributed by atoms with Crippen molar-refractivity contribution in [2.45, 2.75) is 374 Å². The molecule has 0 amide bonds. The van der Waals surface area contributed by atoms with Crippen molar-refractivity contribution < 1.29 is 28.6 Å². The molecule has 0 aromatic rings. The summed E-state index contributed by atoms with van der Waals surface area (Å²) in [5, 5.41) is 0. The molecule has 1 unspecified atom stereocenters. The number of esters is 3. The lowest BCUT2D eigenvalue weighted by Crippen LogP contribution is -2.30. The Balaban J connectivity index is 4.12. The molecule has 0 fully saturated rings. The molecule has 0 heterocycles. The molecule has 0 aliphatic carbocycles. The van der Waals surface area contributed by atoms with E-state index < -0.39 is 6.10 Å². The fourth-order valence-corrected chi connectivity index (χ4v) is 10.3. The van der Waals surface area contributed by atoms with E-state index in [0.717, 1.165) is 96.3 Å². The smallest absolute Gasteiger partial charge is 0.306 e. The number of allylic oxidation sites excluding steroid dienone is 12. The fourth-order valence-electron chi connectivity index (χ4n) is 10.3. The summed E-state index contributed by atoms with van der Waals surface area (Å²) in [6.45, 7) is 6.59. The normalized spacial score (nSPS) is 12.5. The molecule has 6 nitrogen and oxygen atoms in total. The van der Waals surface area contributed by atoms with E-state index in [1.54, 1.807) is 0 Å². The van der Waals surface area contributed by atoms with Gasteiger partial charge in [0.1, 0.15) is 13.2 Å². The van der Waals surface area contributed by atoms with Crippen LogP contribution in [0.25, 0.3) is 0 Å². The van der Waals surface area contributed by atoms with E-state index in [9.17, 15) is 14.4 Å². The first kappa shape index (κ1) is 77.9. The van der Waals surface area contributed by atoms with E-state index >= 15 is 0 Å². The monoisotopic (exact) mass is 1130 g/mol. The van der Waals surface area contributed by atoms with Crippen LogP contribution in [-0.2, 0) is 28.6 Å². The minimum Gasteiger partial charge on any atom is -0.462 e. The Morgan fingerprint density at radius 1 is 0.247 bits per heavy atom. The Labute approximate surface area is 503 Å². The van der Waals surface area contributed by atoms with Crippen LogP contribution in [0.4, 0.5) is 0 Å². The molecule has 0 aliphatic rings. The molecule has 6 heteroatoms. The molecule has 0 radical (unpaired) electrons. The van der Waals surface area contributed by atoms with Gasteiger partial charge < -0.3 is 14.2 Å². The third-order valence-electron chi connectivity index (χ3n) is 15.7. The highest BCUT2D eigenvalue weighted by Crippen LogP contribution is 2.18. The topological polar surface area (TPSA) is 78.9 Å². The molecule has 0 aromatic carbocycles. The van der Waals surface area contributed by atoms with Gasteiger partial charge in [-0.25, -0.2) is 0 Å². The second kappa shape index (κ2) is 69.3. The lowest BCUT2D eigenvalue weighted by molar-refractivity contribution is -0.167. The van der Waals surface area contributed by atoms with Crippen LogP contribution < -0.4 is 0 Å². The number of hydrogen-bond acceptors (Lipinski definition) is 6. The molecule has 0 bridgehead atoms. The van der Waals surface area contributed by atoms with Crippen molar-refractivity contribution in [1.29, 1.82) is 0 Å². The van der Waals surface area contributed by atoms with Gasteiger partial charge in [-0.1, -0.05) is 312 Å². The van der Waals surface area contributed by atoms with Gasteiger partial charge >= 0.3 is 17.9 Å². The van der Waals surface area contributed by atoms with Crippen molar-refractivity contribution >= 4 is 17.9 Å². The second-order valence-electron chi connectivity index (χ2n) is 23.8. The standard InChI is InChI=1S/C75H134O6/c1-4-7-10-13-16-19-22-24-26-28-30-31-32-33-34-35-36-37-38-39-40-41-42-43-45-46-48-50-53-56-59-62-65-68-74(77)80-71-72(70-79-73(76)67-64-61-58-55-52-21-18-15-12-9-6-3)81-75(78)69-66-63-60-57-54-51-49-47-44-29-27-25-23-20-17-14-11-8-5-2/h15,17-18,20,22,24-25,27-28,30,44,47,72H,4-14,16,19,21,23,26,29,31-43,45-46,48-71H2,1-3H3/b18-15-,20-17-,24-22-,27-25-,30-28-,47-44-. The Kier molecular flexibility index (Phi) is 66.6. The number of unbranched alkanes of at least 4 members (excludes halogenated alkanes) is 42. The van der Waals surface area contributed by atoms with Crippen molar-refractivity contribution in [2.24, 2.45) is 0 Å². The fraction of sp³-hybridized carbons (Fsp3) is 0.800. The summed E-state index contributed by atoms with van der Waals surface area (Å²) in [5.41, 5.74) is 0. The molecule has 1 atom stereocenters. The molecule has 0 saturated carbocycles. The molecule has 0 aromatic heterocycles. The SMILES string of the molecule is CCCC/C=C\CCCCCCCC(=O)OCC(COC(=O)CCCCCCCCCCCCCCCCCCCCCCC/C=C\C/C=C\CCCCCCC)OC(=O)CCCCCCCC/C=C\C/C=C\C/C=C\CCCCC. The number of rotatable bonds is 65. The van der Waals surface area contributed by atoms with Crippen molar-refractivity contribution in [2.75, 3.05) is 13.2 Å². The second-order valence-corrected chi connectivity index (χ2v) is 23.8. The highest BCUT2D eigenvalue weighted by molar-refractivity contribution is 5.71. The van der Waals surface area contributed by atoms with Crippen molar-refractivity contribution in [3.05, 3.63) is 72.9 Å². The Morgan fingerprint density at radius 2 is 0.457 bits per heavy atom. The van der Waals surface area contributed by atoms with Crippen molar-refractivity contribution in [3.8, 4) is 0 Å². The van der Waals surface area contributed by atoms with Gasteiger partial charge in [0.05, 0.1) is 0 Å². The van der Waals surface area contributed by atoms with Crippen LogP contribution in [0.15, 0.2) is 72.9 Å². The lowest BCUT2D eigenvalue weighted by atomic mass is 10.0. The lowest BCUT2D eigenvalue weighted by Gasteiger charge is -2.18. The van der Waals surface area contributed by atoms with Crippen LogP contribution in [0.1, 0.15) is 367 Å². The summed E-state index contributed by atoms with van der Waals surface area (Å²) in [7, 11) is 0. The summed E-state index contributed by atoms with van der Waals surface area (Å²) in [5.74, 6) is -0.885. The van der Waals surface area contributed by atoms with Gasteiger partial charge in [0.2, 0.25) is 0 Å². The maximum absolute atomic E-state index is 12.9. The first-order valence-corrected chi connectivity index (χ1v) is 35.4. The van der Waals surface area contributed by atoms with Crippen LogP contribution in [0, 0.1) is 0 Å². The van der Waals surface area contributed by atoms with Crippen LogP contribution in [-0.4, -0.2) is 37.2 Å². The Morgan fingerprint density at radius 3 is 0.765 bits per heavy atom. The van der Waals surface area contributed by atoms with Gasteiger partial charge in [0.15, 0.2) is 6.10 Å². The quantitative estimate of drug-likeness (QED) is 0.0261. The highest BCUT2D eigenvalue weighted by atomic mass is 16.6. The number of carbonyl (C=O) groups is 3. The van der Waals surface area contributed by atoms with E-state index in [4.69, 9.17) is 14.2 Å². The highest BCUT2D eigenvalue weighted by Gasteiger charge is 2.19. The van der Waals surface area contributed by atoms with Crippen molar-refractivity contribution in [1.82, 2.24) is 0 Å². The van der Waals surface area contributed by atoms with E-state index in [1.165, 1.54) is 231 Å². The molecular formula is C75H134O6. The average molecular weight is 1130 g/mol. The van der Waals surface area contributed by atoms with Crippen molar-refractivity contribution in [3.63, 3.8) is 0 Å². The van der Waals surface area contributed by atoms with Crippen LogP contribution in [0.3, 0.4) is 0 Å². The third-order valence-corrected chi connectivity index (χ3v) is 15.7. The Hall–Kier alpha value is -3.15. The molecule has 0 rings (SSSR count). The first-order valence-electron chi connectivity index (χ1n) is 35.4. The molecule has 0 N–H and O–H groups in total. The van der Waals surface area contributed by atoms with Crippen LogP contribution >= 0.6 is 0 Å². The van der Waals surface area contributed by atoms with E-state index in [0.29, 0.717) is 19.3 Å². The zero-order chi connectivity index (χ0) is 58.5. The van der Waals surface area contributed by atoms with Gasteiger partial charge in [0.25, 0.3) is 0 Å². The predicted molar refractivity (Wildman–Crippen MR) is 353 cm³/mol. The third kappa shape index (κ3) is 67.5. The van der Waals surface area contributed by atoms with Crippen LogP contribution in [0.2, 0.25) is 0 Å². The van der Waals surface area contributed by atoms with Crippen LogP contribution in [0.5, 0.6) is 0 Å². The number of hydrogen-bond donors (Lipinski definition) is 0. The van der Waals surface area contributed by atoms with Gasteiger partial charge in [-0.05, 0) is 109 Å². The van der Waals surface area contributed by atoms with E-state index in [-0.39, 0.29) is 31.1 Å². The zero-order valence-electron chi connectivity index (χ0n) is 54.1. The average Bonchev–Trinajstić information content (AvgIpc) is 3.47. The Bertz CT molecular complexity index is 1490. The predicted octanol–water partition coefficient (Wildman–Crippen LogP) is 24.4. The minimum atomic E-state index is -0.785. The summed E-state index contributed by atoms with van der Waals surface area (Å²) in [6.07, 6.45) is 90.9. The molecule has 0 aliphatic heterocycles. The summed E-state index contributed by atoms with van der Waals surface area (Å²) in [6, 6.07) is 0. The van der Waals surface area contributed by atoms with E-state index in [1.807, 2.05) is 0 Å². The van der Waals surface area contributed by atoms with Gasteiger partial charge in [-0.15, -0.1) is 0 Å². The summed E-state index contributed by atoms with van der Waals surface area (Å²) < 4.78 is 16.9. The maximum Gasteiger partial charge on any atom is 0.306 e. The largest absolute Gasteiger partial charge is 0.462 e. The summed E-state index contributed by atoms with van der Waals surface area (Å²) >= 11 is 0. The minimum absolute atomic E-state index is 0.0801. The molecule has 0 spiro atoms. The maximum atomic E-state index is 12.9. The number of carbonyl (C=O) groups excluding carboxylic acids is 3. The van der Waals surface area contributed by atoms with Gasteiger partial charge in [0, 0.05) is 19.3 Å². The zero-order valence-corrected chi connectivity index (χ0v) is 54.1. The van der Waals surface area contributed by atoms with E-state index in [2.05, 4.69) is 93.7 Å². The molecule has 81 heavy (non-hydrogen) atoms. The summed E-state index contributed by atoms with van der Waals surface area (Å²) in [4.78, 5) is 38.3. The van der Waals surface area contributed by atoms with Gasteiger partial charge in [-0.2, -0.15) is 0 Å². The number of ether oxygens (including phenoxy) is 3. The first-order chi connectivity index (χ1) is 40.0. The molecule has 0 saturated heterocycles. The molecular weight excluding hydrogens is 997 g/mol.